The van der Waals surface area contributed by atoms with Gasteiger partial charge in [-0.2, -0.15) is 0 Å². The Kier molecular flexibility index (Phi) is 5.64. The predicted octanol–water partition coefficient (Wildman–Crippen LogP) is 5.58. The minimum atomic E-state index is -3.73. The van der Waals surface area contributed by atoms with Crippen LogP contribution in [-0.2, 0) is 23.0 Å². The standard InChI is InChI=1S/C25H21ClN2O3S2/c1-27(33(30,31)22-9-6-20(26)7-10-22)21-8-11-23-19(14-21)15-24(32-23)25(29)28-13-12-17-4-2-3-5-18(17)16-28/h2-11,14-15H,12-13,16H2,1H3. The maximum absolute atomic E-state index is 13.2. The Bertz CT molecular complexity index is 1460. The maximum atomic E-state index is 13.2. The number of carbonyl (C=O) groups excluding carboxylic acids is 1. The quantitative estimate of drug-likeness (QED) is 0.370. The zero-order chi connectivity index (χ0) is 23.2. The summed E-state index contributed by atoms with van der Waals surface area (Å²) in [7, 11) is -2.21. The second-order valence-electron chi connectivity index (χ2n) is 8.00. The van der Waals surface area contributed by atoms with Gasteiger partial charge in [0, 0.05) is 29.9 Å². The van der Waals surface area contributed by atoms with Crippen molar-refractivity contribution < 1.29 is 13.2 Å². The molecule has 5 rings (SSSR count). The molecule has 0 fully saturated rings. The molecule has 0 saturated heterocycles. The molecule has 0 atom stereocenters. The minimum absolute atomic E-state index is 0.00870. The molecule has 1 aliphatic heterocycles. The Morgan fingerprint density at radius 1 is 1.00 bits per heavy atom. The van der Waals surface area contributed by atoms with Crippen molar-refractivity contribution in [3.05, 3.63) is 93.8 Å². The van der Waals surface area contributed by atoms with Crippen LogP contribution in [0.1, 0.15) is 20.8 Å². The van der Waals surface area contributed by atoms with E-state index in [1.165, 1.54) is 45.9 Å². The second kappa shape index (κ2) is 8.48. The summed E-state index contributed by atoms with van der Waals surface area (Å²) in [5.41, 5.74) is 3.02. The molecule has 1 aliphatic rings. The molecule has 3 aromatic carbocycles. The fraction of sp³-hybridized carbons (Fsp3) is 0.160. The number of hydrogen-bond acceptors (Lipinski definition) is 4. The summed E-state index contributed by atoms with van der Waals surface area (Å²) >= 11 is 7.33. The third kappa shape index (κ3) is 4.12. The van der Waals surface area contributed by atoms with Crippen molar-refractivity contribution >= 4 is 54.6 Å². The highest BCUT2D eigenvalue weighted by Gasteiger charge is 2.24. The number of anilines is 1. The molecule has 168 valence electrons. The lowest BCUT2D eigenvalue weighted by Gasteiger charge is -2.28. The van der Waals surface area contributed by atoms with Crippen LogP contribution in [0.3, 0.4) is 0 Å². The molecular weight excluding hydrogens is 476 g/mol. The zero-order valence-corrected chi connectivity index (χ0v) is 20.3. The van der Waals surface area contributed by atoms with Gasteiger partial charge in [0.15, 0.2) is 0 Å². The van der Waals surface area contributed by atoms with Gasteiger partial charge in [-0.05, 0) is 71.5 Å². The first-order valence-corrected chi connectivity index (χ1v) is 13.1. The van der Waals surface area contributed by atoms with E-state index >= 15 is 0 Å². The van der Waals surface area contributed by atoms with Gasteiger partial charge < -0.3 is 4.90 Å². The highest BCUT2D eigenvalue weighted by Crippen LogP contribution is 2.32. The van der Waals surface area contributed by atoms with Crippen LogP contribution in [0.2, 0.25) is 5.02 Å². The van der Waals surface area contributed by atoms with Crippen LogP contribution in [0.15, 0.2) is 77.7 Å². The highest BCUT2D eigenvalue weighted by atomic mass is 35.5. The first-order valence-electron chi connectivity index (χ1n) is 10.5. The molecule has 0 bridgehead atoms. The summed E-state index contributed by atoms with van der Waals surface area (Å²) in [6.07, 6.45) is 0.851. The Morgan fingerprint density at radius 3 is 2.48 bits per heavy atom. The van der Waals surface area contributed by atoms with Crippen LogP contribution in [-0.4, -0.2) is 32.8 Å². The van der Waals surface area contributed by atoms with E-state index in [1.54, 1.807) is 18.2 Å². The summed E-state index contributed by atoms with van der Waals surface area (Å²) in [5, 5.41) is 1.32. The fourth-order valence-electron chi connectivity index (χ4n) is 4.06. The van der Waals surface area contributed by atoms with Gasteiger partial charge >= 0.3 is 0 Å². The number of nitrogens with zero attached hydrogens (tertiary/aromatic N) is 2. The van der Waals surface area contributed by atoms with Gasteiger partial charge in [0.2, 0.25) is 0 Å². The average molecular weight is 497 g/mol. The Balaban J connectivity index is 1.41. The number of sulfonamides is 1. The van der Waals surface area contributed by atoms with E-state index in [9.17, 15) is 13.2 Å². The van der Waals surface area contributed by atoms with Crippen LogP contribution in [0.4, 0.5) is 5.69 Å². The smallest absolute Gasteiger partial charge is 0.264 e. The van der Waals surface area contributed by atoms with Crippen molar-refractivity contribution in [3.8, 4) is 0 Å². The van der Waals surface area contributed by atoms with Crippen molar-refractivity contribution in [1.82, 2.24) is 4.90 Å². The number of carbonyl (C=O) groups is 1. The van der Waals surface area contributed by atoms with E-state index < -0.39 is 10.0 Å². The predicted molar refractivity (Wildman–Crippen MR) is 134 cm³/mol. The summed E-state index contributed by atoms with van der Waals surface area (Å²) in [6.45, 7) is 1.30. The lowest BCUT2D eigenvalue weighted by molar-refractivity contribution is 0.0739. The SMILES string of the molecule is CN(c1ccc2sc(C(=O)N3CCc4ccccc4C3)cc2c1)S(=O)(=O)c1ccc(Cl)cc1. The normalized spacial score (nSPS) is 13.7. The molecule has 2 heterocycles. The van der Waals surface area contributed by atoms with Crippen molar-refractivity contribution in [3.63, 3.8) is 0 Å². The maximum Gasteiger partial charge on any atom is 0.264 e. The first-order chi connectivity index (χ1) is 15.8. The van der Waals surface area contributed by atoms with Crippen LogP contribution in [0.25, 0.3) is 10.1 Å². The second-order valence-corrected chi connectivity index (χ2v) is 11.5. The number of halogens is 1. The van der Waals surface area contributed by atoms with E-state index in [1.807, 2.05) is 35.2 Å². The van der Waals surface area contributed by atoms with Crippen molar-refractivity contribution in [2.24, 2.45) is 0 Å². The molecule has 0 radical (unpaired) electrons. The van der Waals surface area contributed by atoms with Gasteiger partial charge in [-0.3, -0.25) is 9.10 Å². The van der Waals surface area contributed by atoms with E-state index in [2.05, 4.69) is 12.1 Å². The van der Waals surface area contributed by atoms with Gasteiger partial charge in [0.25, 0.3) is 15.9 Å². The van der Waals surface area contributed by atoms with Gasteiger partial charge in [-0.1, -0.05) is 35.9 Å². The van der Waals surface area contributed by atoms with E-state index in [4.69, 9.17) is 11.6 Å². The van der Waals surface area contributed by atoms with Gasteiger partial charge in [0.05, 0.1) is 15.5 Å². The summed E-state index contributed by atoms with van der Waals surface area (Å²) in [6, 6.07) is 21.6. The van der Waals surface area contributed by atoms with E-state index in [0.717, 1.165) is 16.5 Å². The highest BCUT2D eigenvalue weighted by molar-refractivity contribution is 7.92. The molecule has 5 nitrogen and oxygen atoms in total. The van der Waals surface area contributed by atoms with Crippen molar-refractivity contribution in [2.45, 2.75) is 17.9 Å². The monoisotopic (exact) mass is 496 g/mol. The van der Waals surface area contributed by atoms with Crippen molar-refractivity contribution in [2.75, 3.05) is 17.9 Å². The molecule has 8 heteroatoms. The lowest BCUT2D eigenvalue weighted by Crippen LogP contribution is -2.35. The average Bonchev–Trinajstić information content (AvgIpc) is 3.26. The van der Waals surface area contributed by atoms with Crippen LogP contribution in [0, 0.1) is 0 Å². The number of benzene rings is 3. The number of amides is 1. The fourth-order valence-corrected chi connectivity index (χ4v) is 6.38. The Hall–Kier alpha value is -2.87. The molecule has 1 aromatic heterocycles. The van der Waals surface area contributed by atoms with E-state index in [-0.39, 0.29) is 10.8 Å². The molecule has 4 aromatic rings. The minimum Gasteiger partial charge on any atom is -0.333 e. The first kappa shape index (κ1) is 21.9. The molecule has 1 amide bonds. The van der Waals surface area contributed by atoms with Gasteiger partial charge in [0.1, 0.15) is 0 Å². The lowest BCUT2D eigenvalue weighted by atomic mass is 10.00. The molecule has 0 unspecified atom stereocenters. The molecule has 0 saturated carbocycles. The Labute approximate surface area is 201 Å². The number of rotatable bonds is 4. The zero-order valence-electron chi connectivity index (χ0n) is 17.9. The molecular formula is C25H21ClN2O3S2. The third-order valence-corrected chi connectivity index (χ3v) is 9.12. The topological polar surface area (TPSA) is 57.7 Å². The molecule has 0 spiro atoms. The van der Waals surface area contributed by atoms with E-state index in [0.29, 0.717) is 28.7 Å². The van der Waals surface area contributed by atoms with Crippen LogP contribution in [0.5, 0.6) is 0 Å². The van der Waals surface area contributed by atoms with Crippen molar-refractivity contribution in [1.29, 1.82) is 0 Å². The Morgan fingerprint density at radius 2 is 1.73 bits per heavy atom. The number of fused-ring (bicyclic) bond motifs is 2. The molecule has 33 heavy (non-hydrogen) atoms. The van der Waals surface area contributed by atoms with Crippen LogP contribution < -0.4 is 4.31 Å². The van der Waals surface area contributed by atoms with Crippen LogP contribution >= 0.6 is 22.9 Å². The van der Waals surface area contributed by atoms with Gasteiger partial charge in [-0.25, -0.2) is 8.42 Å². The van der Waals surface area contributed by atoms with Gasteiger partial charge in [-0.15, -0.1) is 11.3 Å². The molecule has 0 aliphatic carbocycles. The summed E-state index contributed by atoms with van der Waals surface area (Å²) in [4.78, 5) is 15.9. The largest absolute Gasteiger partial charge is 0.333 e. The molecule has 0 N–H and O–H groups in total. The number of hydrogen-bond donors (Lipinski definition) is 0. The summed E-state index contributed by atoms with van der Waals surface area (Å²) < 4.78 is 28.2. The summed E-state index contributed by atoms with van der Waals surface area (Å²) in [5.74, 6) is 0.00870. The third-order valence-electron chi connectivity index (χ3n) is 5.96. The number of thiophene rings is 1.